The van der Waals surface area contributed by atoms with Crippen LogP contribution in [0, 0.1) is 0 Å². The van der Waals surface area contributed by atoms with Gasteiger partial charge >= 0.3 is 0 Å². The monoisotopic (exact) mass is 421 g/mol. The molecule has 0 unspecified atom stereocenters. The Morgan fingerprint density at radius 1 is 0.966 bits per heavy atom. The number of nitrogens with zero attached hydrogens (tertiary/aromatic N) is 3. The number of halogens is 1. The van der Waals surface area contributed by atoms with E-state index in [1.165, 1.54) is 10.8 Å². The lowest BCUT2D eigenvalue weighted by atomic mass is 10.0. The van der Waals surface area contributed by atoms with Crippen molar-refractivity contribution in [2.45, 2.75) is 6.42 Å². The van der Waals surface area contributed by atoms with Crippen LogP contribution < -0.4 is 4.90 Å². The highest BCUT2D eigenvalue weighted by Gasteiger charge is 2.23. The predicted molar refractivity (Wildman–Crippen MR) is 121 cm³/mol. The van der Waals surface area contributed by atoms with Crippen molar-refractivity contribution in [2.24, 2.45) is 0 Å². The summed E-state index contributed by atoms with van der Waals surface area (Å²) >= 11 is 7.75. The van der Waals surface area contributed by atoms with Crippen molar-refractivity contribution in [3.63, 3.8) is 0 Å². The van der Waals surface area contributed by atoms with Crippen LogP contribution in [0.3, 0.4) is 0 Å². The number of aromatic nitrogens is 1. The quantitative estimate of drug-likeness (QED) is 0.467. The lowest BCUT2D eigenvalue weighted by Gasteiger charge is -2.34. The highest BCUT2D eigenvalue weighted by molar-refractivity contribution is 7.22. The van der Waals surface area contributed by atoms with Gasteiger partial charge in [0, 0.05) is 31.2 Å². The Kier molecular flexibility index (Phi) is 4.86. The summed E-state index contributed by atoms with van der Waals surface area (Å²) in [6.07, 6.45) is 0.449. The van der Waals surface area contributed by atoms with Gasteiger partial charge in [0.25, 0.3) is 0 Å². The van der Waals surface area contributed by atoms with E-state index in [0.29, 0.717) is 6.42 Å². The summed E-state index contributed by atoms with van der Waals surface area (Å²) in [5, 5.41) is 4.12. The Balaban J connectivity index is 1.23. The van der Waals surface area contributed by atoms with Gasteiger partial charge in [-0.25, -0.2) is 4.98 Å². The van der Waals surface area contributed by atoms with Crippen LogP contribution in [0.25, 0.3) is 21.0 Å². The fourth-order valence-corrected chi connectivity index (χ4v) is 5.10. The third kappa shape index (κ3) is 3.80. The number of piperazine rings is 1. The minimum absolute atomic E-state index is 0.191. The van der Waals surface area contributed by atoms with Gasteiger partial charge in [0.05, 0.1) is 16.6 Å². The number of hydrogen-bond donors (Lipinski definition) is 0. The van der Waals surface area contributed by atoms with Crippen LogP contribution in [-0.4, -0.2) is 42.0 Å². The second-order valence-corrected chi connectivity index (χ2v) is 8.78. The molecule has 5 rings (SSSR count). The first-order chi connectivity index (χ1) is 14.2. The fourth-order valence-electron chi connectivity index (χ4n) is 3.80. The molecule has 0 N–H and O–H groups in total. The Morgan fingerprint density at radius 2 is 1.76 bits per heavy atom. The molecule has 1 amide bonds. The molecule has 29 heavy (non-hydrogen) atoms. The molecule has 4 nitrogen and oxygen atoms in total. The Bertz CT molecular complexity index is 1200. The summed E-state index contributed by atoms with van der Waals surface area (Å²) in [6.45, 7) is 3.06. The maximum Gasteiger partial charge on any atom is 0.227 e. The first-order valence-electron chi connectivity index (χ1n) is 9.72. The molecule has 0 aliphatic carbocycles. The normalized spacial score (nSPS) is 14.7. The third-order valence-electron chi connectivity index (χ3n) is 5.41. The minimum Gasteiger partial charge on any atom is -0.345 e. The lowest BCUT2D eigenvalue weighted by molar-refractivity contribution is -0.130. The van der Waals surface area contributed by atoms with Crippen molar-refractivity contribution in [3.05, 3.63) is 71.2 Å². The molecule has 146 valence electrons. The highest BCUT2D eigenvalue weighted by atomic mass is 35.5. The van der Waals surface area contributed by atoms with Crippen molar-refractivity contribution >= 4 is 55.0 Å². The lowest BCUT2D eigenvalue weighted by Crippen LogP contribution is -2.49. The molecule has 0 bridgehead atoms. The molecule has 1 fully saturated rings. The molecule has 1 aromatic heterocycles. The molecule has 3 aromatic carbocycles. The van der Waals surface area contributed by atoms with Crippen LogP contribution in [0.2, 0.25) is 5.02 Å². The fraction of sp³-hybridized carbons (Fsp3) is 0.217. The SMILES string of the molecule is O=C(Cc1ccc2ccccc2c1)N1CCN(c2nc3ccc(Cl)cc3s2)CC1. The van der Waals surface area contributed by atoms with Crippen molar-refractivity contribution in [2.75, 3.05) is 31.1 Å². The van der Waals surface area contributed by atoms with Gasteiger partial charge in [-0.05, 0) is 34.5 Å². The zero-order valence-corrected chi connectivity index (χ0v) is 17.4. The van der Waals surface area contributed by atoms with Crippen LogP contribution in [0.4, 0.5) is 5.13 Å². The van der Waals surface area contributed by atoms with E-state index in [1.807, 2.05) is 35.2 Å². The minimum atomic E-state index is 0.191. The zero-order chi connectivity index (χ0) is 19.8. The van der Waals surface area contributed by atoms with Crippen LogP contribution >= 0.6 is 22.9 Å². The van der Waals surface area contributed by atoms with Gasteiger partial charge in [0.15, 0.2) is 5.13 Å². The van der Waals surface area contributed by atoms with Gasteiger partial charge in [-0.1, -0.05) is 65.4 Å². The molecule has 0 atom stereocenters. The molecule has 1 aliphatic rings. The second kappa shape index (κ2) is 7.65. The van der Waals surface area contributed by atoms with Crippen molar-refractivity contribution < 1.29 is 4.79 Å². The number of anilines is 1. The number of carbonyl (C=O) groups is 1. The van der Waals surface area contributed by atoms with E-state index >= 15 is 0 Å². The Morgan fingerprint density at radius 3 is 2.59 bits per heavy atom. The molecule has 0 saturated carbocycles. The summed E-state index contributed by atoms with van der Waals surface area (Å²) in [5.41, 5.74) is 2.04. The summed E-state index contributed by atoms with van der Waals surface area (Å²) in [5.74, 6) is 0.191. The van der Waals surface area contributed by atoms with E-state index < -0.39 is 0 Å². The Labute approximate surface area is 178 Å². The number of carbonyl (C=O) groups excluding carboxylic acids is 1. The number of benzene rings is 3. The summed E-state index contributed by atoms with van der Waals surface area (Å²) in [7, 11) is 0. The molecule has 4 aromatic rings. The number of hydrogen-bond acceptors (Lipinski definition) is 4. The molecular formula is C23H20ClN3OS. The standard InChI is InChI=1S/C23H20ClN3OS/c24-19-7-8-20-21(15-19)29-23(25-20)27-11-9-26(10-12-27)22(28)14-16-5-6-17-3-1-2-4-18(17)13-16/h1-8,13,15H,9-12,14H2. The van der Waals surface area contributed by atoms with E-state index in [-0.39, 0.29) is 5.91 Å². The first-order valence-corrected chi connectivity index (χ1v) is 10.9. The van der Waals surface area contributed by atoms with Crippen molar-refractivity contribution in [1.82, 2.24) is 9.88 Å². The maximum atomic E-state index is 12.8. The average molecular weight is 422 g/mol. The van der Waals surface area contributed by atoms with Gasteiger partial charge in [0.2, 0.25) is 5.91 Å². The largest absolute Gasteiger partial charge is 0.345 e. The predicted octanol–water partition coefficient (Wildman–Crippen LogP) is 4.99. The van der Waals surface area contributed by atoms with Crippen molar-refractivity contribution in [3.8, 4) is 0 Å². The molecule has 0 spiro atoms. The van der Waals surface area contributed by atoms with Gasteiger partial charge in [-0.3, -0.25) is 4.79 Å². The van der Waals surface area contributed by atoms with Gasteiger partial charge in [-0.15, -0.1) is 0 Å². The molecule has 6 heteroatoms. The molecule has 2 heterocycles. The molecule has 1 aliphatic heterocycles. The van der Waals surface area contributed by atoms with E-state index in [4.69, 9.17) is 16.6 Å². The van der Waals surface area contributed by atoms with E-state index in [0.717, 1.165) is 52.1 Å². The van der Waals surface area contributed by atoms with Crippen LogP contribution in [0.15, 0.2) is 60.7 Å². The van der Waals surface area contributed by atoms with Gasteiger partial charge in [0.1, 0.15) is 0 Å². The molecule has 1 saturated heterocycles. The number of thiazole rings is 1. The van der Waals surface area contributed by atoms with Gasteiger partial charge < -0.3 is 9.80 Å². The first kappa shape index (κ1) is 18.4. The summed E-state index contributed by atoms with van der Waals surface area (Å²) < 4.78 is 1.10. The van der Waals surface area contributed by atoms with Crippen LogP contribution in [0.1, 0.15) is 5.56 Å². The Hall–Kier alpha value is -2.63. The van der Waals surface area contributed by atoms with Crippen molar-refractivity contribution in [1.29, 1.82) is 0 Å². The average Bonchev–Trinajstić information content (AvgIpc) is 3.17. The number of rotatable bonds is 3. The summed E-state index contributed by atoms with van der Waals surface area (Å²) in [4.78, 5) is 21.8. The maximum absolute atomic E-state index is 12.8. The second-order valence-electron chi connectivity index (χ2n) is 7.33. The molecular weight excluding hydrogens is 402 g/mol. The highest BCUT2D eigenvalue weighted by Crippen LogP contribution is 2.31. The van der Waals surface area contributed by atoms with E-state index in [2.05, 4.69) is 35.2 Å². The van der Waals surface area contributed by atoms with E-state index in [9.17, 15) is 4.79 Å². The number of fused-ring (bicyclic) bond motifs is 2. The zero-order valence-electron chi connectivity index (χ0n) is 15.8. The summed E-state index contributed by atoms with van der Waals surface area (Å²) in [6, 6.07) is 20.3. The van der Waals surface area contributed by atoms with E-state index in [1.54, 1.807) is 11.3 Å². The molecule has 0 radical (unpaired) electrons. The van der Waals surface area contributed by atoms with Gasteiger partial charge in [-0.2, -0.15) is 0 Å². The number of amides is 1. The van der Waals surface area contributed by atoms with Crippen LogP contribution in [-0.2, 0) is 11.2 Å². The van der Waals surface area contributed by atoms with Crippen LogP contribution in [0.5, 0.6) is 0 Å². The third-order valence-corrected chi connectivity index (χ3v) is 6.73. The smallest absolute Gasteiger partial charge is 0.227 e. The topological polar surface area (TPSA) is 36.4 Å².